The van der Waals surface area contributed by atoms with E-state index in [1.165, 1.54) is 0 Å². The number of hydrogen-bond donors (Lipinski definition) is 1. The smallest absolute Gasteiger partial charge is 0.242 e. The van der Waals surface area contributed by atoms with Crippen LogP contribution >= 0.6 is 0 Å². The van der Waals surface area contributed by atoms with Gasteiger partial charge in [0.2, 0.25) is 5.91 Å². The molecule has 0 aromatic carbocycles. The summed E-state index contributed by atoms with van der Waals surface area (Å²) in [5.74, 6) is 0.0749. The standard InChI is InChI=1S/C19H24N4O/c24-19(22-12-6-9-17-8-1-2-11-21-17)18(23-13-3-4-14-23)16-7-5-10-20-15-16/h1-2,5,7-8,10-11,15,18H,3-4,6,9,12-14H2,(H,22,24)/t18-/m1/s1. The summed E-state index contributed by atoms with van der Waals surface area (Å²) in [5, 5.41) is 3.09. The third kappa shape index (κ3) is 4.38. The molecule has 2 aromatic heterocycles. The van der Waals surface area contributed by atoms with Crippen LogP contribution in [0.15, 0.2) is 48.9 Å². The lowest BCUT2D eigenvalue weighted by atomic mass is 10.1. The van der Waals surface area contributed by atoms with E-state index >= 15 is 0 Å². The summed E-state index contributed by atoms with van der Waals surface area (Å²) in [6.07, 6.45) is 9.43. The van der Waals surface area contributed by atoms with Crippen molar-refractivity contribution in [3.05, 3.63) is 60.2 Å². The number of aryl methyl sites for hydroxylation is 1. The maximum atomic E-state index is 12.7. The number of amides is 1. The van der Waals surface area contributed by atoms with Crippen LogP contribution in [0.3, 0.4) is 0 Å². The van der Waals surface area contributed by atoms with Crippen LogP contribution in [0.2, 0.25) is 0 Å². The molecular formula is C19H24N4O. The predicted octanol–water partition coefficient (Wildman–Crippen LogP) is 2.36. The Hall–Kier alpha value is -2.27. The Bertz CT molecular complexity index is 626. The number of pyridine rings is 2. The molecule has 126 valence electrons. The molecule has 3 heterocycles. The fourth-order valence-corrected chi connectivity index (χ4v) is 3.19. The molecule has 1 amide bonds. The largest absolute Gasteiger partial charge is 0.354 e. The lowest BCUT2D eigenvalue weighted by Gasteiger charge is -2.26. The van der Waals surface area contributed by atoms with Crippen LogP contribution in [0.25, 0.3) is 0 Å². The molecule has 0 aliphatic carbocycles. The van der Waals surface area contributed by atoms with Crippen molar-refractivity contribution in [1.82, 2.24) is 20.2 Å². The van der Waals surface area contributed by atoms with E-state index in [0.717, 1.165) is 50.0 Å². The number of aromatic nitrogens is 2. The summed E-state index contributed by atoms with van der Waals surface area (Å²) in [7, 11) is 0. The third-order valence-corrected chi connectivity index (χ3v) is 4.39. The van der Waals surface area contributed by atoms with Crippen molar-refractivity contribution in [2.24, 2.45) is 0 Å². The number of likely N-dealkylation sites (tertiary alicyclic amines) is 1. The number of nitrogens with zero attached hydrogens (tertiary/aromatic N) is 3. The van der Waals surface area contributed by atoms with Crippen LogP contribution in [0.5, 0.6) is 0 Å². The van der Waals surface area contributed by atoms with Gasteiger partial charge in [-0.3, -0.25) is 19.7 Å². The average molecular weight is 324 g/mol. The van der Waals surface area contributed by atoms with E-state index in [9.17, 15) is 4.79 Å². The molecule has 0 spiro atoms. The predicted molar refractivity (Wildman–Crippen MR) is 93.4 cm³/mol. The maximum Gasteiger partial charge on any atom is 0.242 e. The van der Waals surface area contributed by atoms with E-state index in [2.05, 4.69) is 20.2 Å². The first kappa shape index (κ1) is 16.6. The van der Waals surface area contributed by atoms with E-state index < -0.39 is 0 Å². The van der Waals surface area contributed by atoms with Gasteiger partial charge in [-0.25, -0.2) is 0 Å². The summed E-state index contributed by atoms with van der Waals surface area (Å²) in [6, 6.07) is 9.59. The normalized spacial score (nSPS) is 16.0. The Morgan fingerprint density at radius 1 is 1.17 bits per heavy atom. The molecule has 1 saturated heterocycles. The van der Waals surface area contributed by atoms with Crippen LogP contribution in [0.4, 0.5) is 0 Å². The molecule has 2 aromatic rings. The first-order valence-electron chi connectivity index (χ1n) is 8.66. The van der Waals surface area contributed by atoms with Gasteiger partial charge in [-0.1, -0.05) is 12.1 Å². The fraction of sp³-hybridized carbons (Fsp3) is 0.421. The summed E-state index contributed by atoms with van der Waals surface area (Å²) in [6.45, 7) is 2.61. The van der Waals surface area contributed by atoms with Crippen molar-refractivity contribution < 1.29 is 4.79 Å². The summed E-state index contributed by atoms with van der Waals surface area (Å²) < 4.78 is 0. The minimum Gasteiger partial charge on any atom is -0.354 e. The molecule has 1 atom stereocenters. The van der Waals surface area contributed by atoms with Gasteiger partial charge in [0.1, 0.15) is 6.04 Å². The van der Waals surface area contributed by atoms with E-state index in [0.29, 0.717) is 6.54 Å². The third-order valence-electron chi connectivity index (χ3n) is 4.39. The molecule has 5 nitrogen and oxygen atoms in total. The highest BCUT2D eigenvalue weighted by atomic mass is 16.2. The van der Waals surface area contributed by atoms with Crippen molar-refractivity contribution in [2.75, 3.05) is 19.6 Å². The van der Waals surface area contributed by atoms with Gasteiger partial charge < -0.3 is 5.32 Å². The number of nitrogens with one attached hydrogen (secondary N) is 1. The molecule has 0 bridgehead atoms. The molecule has 1 fully saturated rings. The highest BCUT2D eigenvalue weighted by Crippen LogP contribution is 2.24. The molecule has 0 radical (unpaired) electrons. The van der Waals surface area contributed by atoms with Crippen molar-refractivity contribution in [3.8, 4) is 0 Å². The minimum atomic E-state index is -0.226. The van der Waals surface area contributed by atoms with Crippen molar-refractivity contribution in [3.63, 3.8) is 0 Å². The highest BCUT2D eigenvalue weighted by Gasteiger charge is 2.29. The Kier molecular flexibility index (Phi) is 5.90. The van der Waals surface area contributed by atoms with Crippen LogP contribution in [0.1, 0.15) is 36.6 Å². The molecule has 0 saturated carbocycles. The fourth-order valence-electron chi connectivity index (χ4n) is 3.19. The van der Waals surface area contributed by atoms with Gasteiger partial charge in [0.15, 0.2) is 0 Å². The lowest BCUT2D eigenvalue weighted by molar-refractivity contribution is -0.126. The van der Waals surface area contributed by atoms with E-state index in [1.54, 1.807) is 18.6 Å². The molecule has 1 aliphatic heterocycles. The first-order chi connectivity index (χ1) is 11.8. The van der Waals surface area contributed by atoms with Crippen LogP contribution in [-0.4, -0.2) is 40.4 Å². The van der Waals surface area contributed by atoms with Crippen molar-refractivity contribution in [1.29, 1.82) is 0 Å². The quantitative estimate of drug-likeness (QED) is 0.794. The zero-order valence-corrected chi connectivity index (χ0v) is 13.9. The first-order valence-corrected chi connectivity index (χ1v) is 8.66. The van der Waals surface area contributed by atoms with Gasteiger partial charge in [0.25, 0.3) is 0 Å². The second-order valence-electron chi connectivity index (χ2n) is 6.15. The lowest BCUT2D eigenvalue weighted by Crippen LogP contribution is -2.39. The number of rotatable bonds is 7. The average Bonchev–Trinajstić information content (AvgIpc) is 3.15. The van der Waals surface area contributed by atoms with E-state index in [4.69, 9.17) is 0 Å². The molecular weight excluding hydrogens is 300 g/mol. The van der Waals surface area contributed by atoms with Gasteiger partial charge in [-0.2, -0.15) is 0 Å². The Morgan fingerprint density at radius 2 is 2.04 bits per heavy atom. The number of hydrogen-bond acceptors (Lipinski definition) is 4. The van der Waals surface area contributed by atoms with Gasteiger partial charge >= 0.3 is 0 Å². The van der Waals surface area contributed by atoms with Gasteiger partial charge in [0.05, 0.1) is 0 Å². The van der Waals surface area contributed by atoms with Crippen LogP contribution in [-0.2, 0) is 11.2 Å². The summed E-state index contributed by atoms with van der Waals surface area (Å²) >= 11 is 0. The summed E-state index contributed by atoms with van der Waals surface area (Å²) in [4.78, 5) is 23.5. The monoisotopic (exact) mass is 324 g/mol. The SMILES string of the molecule is O=C(NCCCc1ccccn1)[C@@H](c1cccnc1)N1CCCC1. The molecule has 5 heteroatoms. The van der Waals surface area contributed by atoms with Crippen LogP contribution in [0, 0.1) is 0 Å². The van der Waals surface area contributed by atoms with Gasteiger partial charge in [-0.15, -0.1) is 0 Å². The van der Waals surface area contributed by atoms with Gasteiger partial charge in [-0.05, 0) is 62.5 Å². The Balaban J connectivity index is 1.55. The van der Waals surface area contributed by atoms with Crippen molar-refractivity contribution in [2.45, 2.75) is 31.7 Å². The van der Waals surface area contributed by atoms with E-state index in [1.807, 2.05) is 30.3 Å². The number of carbonyl (C=O) groups excluding carboxylic acids is 1. The van der Waals surface area contributed by atoms with Crippen molar-refractivity contribution >= 4 is 5.91 Å². The Morgan fingerprint density at radius 3 is 2.75 bits per heavy atom. The zero-order chi connectivity index (χ0) is 16.6. The maximum absolute atomic E-state index is 12.7. The van der Waals surface area contributed by atoms with E-state index in [-0.39, 0.29) is 11.9 Å². The molecule has 24 heavy (non-hydrogen) atoms. The second kappa shape index (κ2) is 8.55. The van der Waals surface area contributed by atoms with Crippen LogP contribution < -0.4 is 5.32 Å². The Labute approximate surface area is 143 Å². The molecule has 1 N–H and O–H groups in total. The topological polar surface area (TPSA) is 58.1 Å². The number of carbonyl (C=O) groups is 1. The summed E-state index contributed by atoms with van der Waals surface area (Å²) in [5.41, 5.74) is 2.04. The molecule has 3 rings (SSSR count). The zero-order valence-electron chi connectivity index (χ0n) is 13.9. The minimum absolute atomic E-state index is 0.0749. The molecule has 0 unspecified atom stereocenters. The second-order valence-corrected chi connectivity index (χ2v) is 6.15. The van der Waals surface area contributed by atoms with Gasteiger partial charge in [0, 0.05) is 30.8 Å². The highest BCUT2D eigenvalue weighted by molar-refractivity contribution is 5.83. The molecule has 1 aliphatic rings.